The van der Waals surface area contributed by atoms with Crippen LogP contribution in [-0.2, 0) is 0 Å². The molecule has 0 atom stereocenters. The van der Waals surface area contributed by atoms with Crippen LogP contribution in [0.4, 0.5) is 5.82 Å². The van der Waals surface area contributed by atoms with Gasteiger partial charge in [-0.1, -0.05) is 18.2 Å². The van der Waals surface area contributed by atoms with E-state index in [1.165, 1.54) is 6.33 Å². The van der Waals surface area contributed by atoms with Gasteiger partial charge in [-0.3, -0.25) is 5.41 Å². The summed E-state index contributed by atoms with van der Waals surface area (Å²) in [5.41, 5.74) is 1.55. The Morgan fingerprint density at radius 1 is 1.12 bits per heavy atom. The SMILES string of the molecule is CNc1ncncc1C(=N)c1ccc(Oc2ccccc2)cc1C#N. The van der Waals surface area contributed by atoms with Crippen molar-refractivity contribution >= 4 is 11.5 Å². The van der Waals surface area contributed by atoms with Crippen LogP contribution in [0.15, 0.2) is 61.1 Å². The summed E-state index contributed by atoms with van der Waals surface area (Å²) in [6, 6.07) is 16.5. The number of rotatable bonds is 5. The van der Waals surface area contributed by atoms with Crippen molar-refractivity contribution in [3.05, 3.63) is 77.7 Å². The lowest BCUT2D eigenvalue weighted by Crippen LogP contribution is -2.09. The molecule has 3 aromatic rings. The van der Waals surface area contributed by atoms with Crippen molar-refractivity contribution in [1.29, 1.82) is 10.7 Å². The fourth-order valence-electron chi connectivity index (χ4n) is 2.38. The van der Waals surface area contributed by atoms with Gasteiger partial charge >= 0.3 is 0 Å². The summed E-state index contributed by atoms with van der Waals surface area (Å²) >= 11 is 0. The summed E-state index contributed by atoms with van der Waals surface area (Å²) in [5, 5.41) is 20.8. The number of nitrogens with zero attached hydrogens (tertiary/aromatic N) is 3. The summed E-state index contributed by atoms with van der Waals surface area (Å²) in [6.45, 7) is 0. The molecule has 0 aliphatic heterocycles. The predicted octanol–water partition coefficient (Wildman–Crippen LogP) is 3.60. The van der Waals surface area contributed by atoms with Crippen LogP contribution in [0.1, 0.15) is 16.7 Å². The van der Waals surface area contributed by atoms with Gasteiger partial charge in [-0.25, -0.2) is 9.97 Å². The number of nitrogens with one attached hydrogen (secondary N) is 2. The van der Waals surface area contributed by atoms with Gasteiger partial charge in [0.25, 0.3) is 0 Å². The molecule has 0 amide bonds. The fraction of sp³-hybridized carbons (Fsp3) is 0.0526. The minimum atomic E-state index is 0.174. The molecule has 0 spiro atoms. The Balaban J connectivity index is 1.95. The van der Waals surface area contributed by atoms with E-state index in [2.05, 4.69) is 21.4 Å². The first-order chi connectivity index (χ1) is 12.2. The summed E-state index contributed by atoms with van der Waals surface area (Å²) < 4.78 is 5.75. The van der Waals surface area contributed by atoms with E-state index in [0.29, 0.717) is 34.0 Å². The summed E-state index contributed by atoms with van der Waals surface area (Å²) in [7, 11) is 1.72. The van der Waals surface area contributed by atoms with Crippen molar-refractivity contribution in [2.75, 3.05) is 12.4 Å². The molecule has 1 aromatic heterocycles. The predicted molar refractivity (Wildman–Crippen MR) is 95.2 cm³/mol. The lowest BCUT2D eigenvalue weighted by molar-refractivity contribution is 0.482. The third-order valence-electron chi connectivity index (χ3n) is 3.58. The highest BCUT2D eigenvalue weighted by molar-refractivity contribution is 6.14. The van der Waals surface area contributed by atoms with Gasteiger partial charge in [-0.2, -0.15) is 5.26 Å². The zero-order valence-electron chi connectivity index (χ0n) is 13.5. The Hall–Kier alpha value is -3.72. The second-order valence-corrected chi connectivity index (χ2v) is 5.14. The molecule has 0 unspecified atom stereocenters. The molecule has 0 aliphatic carbocycles. The highest BCUT2D eigenvalue weighted by Gasteiger charge is 2.15. The van der Waals surface area contributed by atoms with Gasteiger partial charge in [0.05, 0.1) is 22.9 Å². The molecule has 0 aliphatic rings. The molecule has 6 nitrogen and oxygen atoms in total. The molecular weight excluding hydrogens is 314 g/mol. The van der Waals surface area contributed by atoms with E-state index in [0.717, 1.165) is 0 Å². The van der Waals surface area contributed by atoms with Crippen molar-refractivity contribution in [3.8, 4) is 17.6 Å². The average molecular weight is 329 g/mol. The second-order valence-electron chi connectivity index (χ2n) is 5.14. The first-order valence-corrected chi connectivity index (χ1v) is 7.57. The van der Waals surface area contributed by atoms with Gasteiger partial charge in [-0.15, -0.1) is 0 Å². The maximum Gasteiger partial charge on any atom is 0.138 e. The van der Waals surface area contributed by atoms with E-state index in [1.54, 1.807) is 31.4 Å². The molecular formula is C19H15N5O. The number of nitriles is 1. The second kappa shape index (κ2) is 7.23. The van der Waals surface area contributed by atoms with Crippen LogP contribution in [-0.4, -0.2) is 22.7 Å². The monoisotopic (exact) mass is 329 g/mol. The summed E-state index contributed by atoms with van der Waals surface area (Å²) in [5.74, 6) is 1.76. The van der Waals surface area contributed by atoms with Crippen molar-refractivity contribution in [3.63, 3.8) is 0 Å². The van der Waals surface area contributed by atoms with Crippen molar-refractivity contribution in [2.45, 2.75) is 0 Å². The van der Waals surface area contributed by atoms with E-state index in [9.17, 15) is 5.26 Å². The van der Waals surface area contributed by atoms with Gasteiger partial charge < -0.3 is 10.1 Å². The van der Waals surface area contributed by atoms with E-state index < -0.39 is 0 Å². The lowest BCUT2D eigenvalue weighted by Gasteiger charge is -2.11. The zero-order valence-corrected chi connectivity index (χ0v) is 13.5. The molecule has 2 aromatic carbocycles. The van der Waals surface area contributed by atoms with Crippen LogP contribution < -0.4 is 10.1 Å². The molecule has 122 valence electrons. The summed E-state index contributed by atoms with van der Waals surface area (Å²) in [4.78, 5) is 8.07. The Kier molecular flexibility index (Phi) is 4.67. The first-order valence-electron chi connectivity index (χ1n) is 7.57. The number of hydrogen-bond donors (Lipinski definition) is 2. The van der Waals surface area contributed by atoms with Crippen LogP contribution in [0.25, 0.3) is 0 Å². The van der Waals surface area contributed by atoms with Crippen LogP contribution in [0.2, 0.25) is 0 Å². The van der Waals surface area contributed by atoms with E-state index in [-0.39, 0.29) is 5.71 Å². The normalized spacial score (nSPS) is 9.92. The maximum atomic E-state index is 9.48. The third kappa shape index (κ3) is 3.46. The Morgan fingerprint density at radius 3 is 2.64 bits per heavy atom. The average Bonchev–Trinajstić information content (AvgIpc) is 2.68. The molecule has 6 heteroatoms. The van der Waals surface area contributed by atoms with Crippen LogP contribution in [0, 0.1) is 16.7 Å². The van der Waals surface area contributed by atoms with E-state index in [1.807, 2.05) is 30.3 Å². The highest BCUT2D eigenvalue weighted by atomic mass is 16.5. The molecule has 0 saturated heterocycles. The summed E-state index contributed by atoms with van der Waals surface area (Å²) in [6.07, 6.45) is 2.96. The minimum Gasteiger partial charge on any atom is -0.457 e. The van der Waals surface area contributed by atoms with E-state index in [4.69, 9.17) is 10.1 Å². The number of para-hydroxylation sites is 1. The molecule has 2 N–H and O–H groups in total. The lowest BCUT2D eigenvalue weighted by atomic mass is 9.99. The van der Waals surface area contributed by atoms with Gasteiger partial charge in [0, 0.05) is 18.8 Å². The van der Waals surface area contributed by atoms with Gasteiger partial charge in [0.1, 0.15) is 23.6 Å². The Morgan fingerprint density at radius 2 is 1.92 bits per heavy atom. The fourth-order valence-corrected chi connectivity index (χ4v) is 2.38. The number of ether oxygens (including phenoxy) is 1. The van der Waals surface area contributed by atoms with Crippen LogP contribution >= 0.6 is 0 Å². The molecule has 0 bridgehead atoms. The number of benzene rings is 2. The largest absolute Gasteiger partial charge is 0.457 e. The molecule has 0 fully saturated rings. The van der Waals surface area contributed by atoms with Gasteiger partial charge in [0.2, 0.25) is 0 Å². The van der Waals surface area contributed by atoms with Gasteiger partial charge in [-0.05, 0) is 30.3 Å². The molecule has 0 radical (unpaired) electrons. The van der Waals surface area contributed by atoms with Crippen molar-refractivity contribution in [2.24, 2.45) is 0 Å². The first kappa shape index (κ1) is 16.1. The quantitative estimate of drug-likeness (QED) is 0.697. The number of aromatic nitrogens is 2. The number of hydrogen-bond acceptors (Lipinski definition) is 6. The maximum absolute atomic E-state index is 9.48. The molecule has 1 heterocycles. The highest BCUT2D eigenvalue weighted by Crippen LogP contribution is 2.25. The number of anilines is 1. The van der Waals surface area contributed by atoms with Crippen molar-refractivity contribution in [1.82, 2.24) is 9.97 Å². The Labute approximate surface area is 145 Å². The molecule has 3 rings (SSSR count). The van der Waals surface area contributed by atoms with Crippen molar-refractivity contribution < 1.29 is 4.74 Å². The third-order valence-corrected chi connectivity index (χ3v) is 3.58. The smallest absolute Gasteiger partial charge is 0.138 e. The molecule has 0 saturated carbocycles. The molecule has 25 heavy (non-hydrogen) atoms. The standard InChI is InChI=1S/C19H15N5O/c1-22-19-17(11-23-12-24-19)18(21)16-8-7-15(9-13(16)10-20)25-14-5-3-2-4-6-14/h2-9,11-12,21H,1H3,(H,22,23,24). The topological polar surface area (TPSA) is 94.7 Å². The zero-order chi connectivity index (χ0) is 17.6. The van der Waals surface area contributed by atoms with Gasteiger partial charge in [0.15, 0.2) is 0 Å². The minimum absolute atomic E-state index is 0.174. The van der Waals surface area contributed by atoms with Crippen LogP contribution in [0.3, 0.4) is 0 Å². The van der Waals surface area contributed by atoms with Crippen LogP contribution in [0.5, 0.6) is 11.5 Å². The van der Waals surface area contributed by atoms with E-state index >= 15 is 0 Å². The Bertz CT molecular complexity index is 948.